The Hall–Kier alpha value is -2.76. The van der Waals surface area contributed by atoms with Crippen molar-refractivity contribution in [3.05, 3.63) is 53.2 Å². The molecular formula is C16H18N6O4S. The van der Waals surface area contributed by atoms with Crippen molar-refractivity contribution in [3.8, 4) is 5.75 Å². The minimum Gasteiger partial charge on any atom is -0.410 e. The van der Waals surface area contributed by atoms with Gasteiger partial charge in [-0.15, -0.1) is 0 Å². The lowest BCUT2D eigenvalue weighted by Gasteiger charge is -2.15. The van der Waals surface area contributed by atoms with Gasteiger partial charge in [-0.25, -0.2) is 19.7 Å². The van der Waals surface area contributed by atoms with Gasteiger partial charge in [0.1, 0.15) is 29.8 Å². The van der Waals surface area contributed by atoms with E-state index >= 15 is 0 Å². The second-order valence-corrected chi connectivity index (χ2v) is 6.20. The molecule has 1 N–H and O–H groups in total. The summed E-state index contributed by atoms with van der Waals surface area (Å²) in [4.78, 5) is 22.6. The average molecular weight is 390 g/mol. The molecule has 0 fully saturated rings. The monoisotopic (exact) mass is 390 g/mol. The van der Waals surface area contributed by atoms with Crippen molar-refractivity contribution in [3.63, 3.8) is 0 Å². The molecule has 0 aliphatic carbocycles. The number of benzene rings is 1. The molecule has 1 aromatic carbocycles. The molecule has 0 spiro atoms. The maximum atomic E-state index is 10.6. The summed E-state index contributed by atoms with van der Waals surface area (Å²) in [6.07, 6.45) is 5.66. The first-order chi connectivity index (χ1) is 13.2. The lowest BCUT2D eigenvalue weighted by Crippen LogP contribution is -2.26. The van der Waals surface area contributed by atoms with E-state index in [-0.39, 0.29) is 11.8 Å². The fourth-order valence-corrected chi connectivity index (χ4v) is 2.91. The minimum atomic E-state index is -0.451. The number of nitro benzene ring substituents is 1. The normalized spacial score (nSPS) is 12.2. The quantitative estimate of drug-likeness (QED) is 0.183. The summed E-state index contributed by atoms with van der Waals surface area (Å²) in [5, 5.41) is 10.6. The highest BCUT2D eigenvalue weighted by atomic mass is 32.2. The predicted octanol–water partition coefficient (Wildman–Crippen LogP) is 2.37. The van der Waals surface area contributed by atoms with Crippen molar-refractivity contribution in [2.75, 3.05) is 13.7 Å². The Balaban J connectivity index is 1.42. The topological polar surface area (TPSA) is 117 Å². The lowest BCUT2D eigenvalue weighted by atomic mass is 10.2. The Labute approximate surface area is 159 Å². The average Bonchev–Trinajstić information content (AvgIpc) is 3.11. The minimum absolute atomic E-state index is 0.0250. The van der Waals surface area contributed by atoms with Crippen molar-refractivity contribution in [2.45, 2.75) is 19.1 Å². The maximum Gasteiger partial charge on any atom is 0.269 e. The zero-order valence-corrected chi connectivity index (χ0v) is 15.3. The number of methoxy groups -OCH3 is 1. The zero-order valence-electron chi connectivity index (χ0n) is 14.5. The second-order valence-electron chi connectivity index (χ2n) is 5.58. The molecule has 2 aromatic heterocycles. The van der Waals surface area contributed by atoms with E-state index in [2.05, 4.69) is 19.7 Å². The van der Waals surface area contributed by atoms with Gasteiger partial charge >= 0.3 is 0 Å². The van der Waals surface area contributed by atoms with Gasteiger partial charge in [-0.1, -0.05) is 0 Å². The van der Waals surface area contributed by atoms with Crippen LogP contribution in [0.15, 0.2) is 43.1 Å². The highest BCUT2D eigenvalue weighted by molar-refractivity contribution is 7.93. The number of imidazole rings is 1. The van der Waals surface area contributed by atoms with Gasteiger partial charge in [0, 0.05) is 32.3 Å². The van der Waals surface area contributed by atoms with Crippen LogP contribution in [-0.4, -0.2) is 44.2 Å². The van der Waals surface area contributed by atoms with Crippen molar-refractivity contribution in [1.29, 1.82) is 0 Å². The van der Waals surface area contributed by atoms with Crippen molar-refractivity contribution >= 4 is 29.1 Å². The van der Waals surface area contributed by atoms with Crippen LogP contribution < -0.4 is 8.91 Å². The summed E-state index contributed by atoms with van der Waals surface area (Å²) in [7, 11) is 1.66. The molecule has 2 heterocycles. The molecule has 142 valence electrons. The number of nitrogens with one attached hydrogen (secondary N) is 1. The molecule has 3 rings (SSSR count). The number of ether oxygens (including phenoxy) is 1. The molecule has 11 heteroatoms. The third-order valence-corrected chi connectivity index (χ3v) is 4.42. The van der Waals surface area contributed by atoms with Gasteiger partial charge in [-0.2, -0.15) is 0 Å². The molecular weight excluding hydrogens is 372 g/mol. The summed E-state index contributed by atoms with van der Waals surface area (Å²) >= 11 is 1.05. The van der Waals surface area contributed by atoms with E-state index in [1.807, 2.05) is 4.57 Å². The van der Waals surface area contributed by atoms with Crippen LogP contribution in [0.2, 0.25) is 0 Å². The molecule has 0 bridgehead atoms. The summed E-state index contributed by atoms with van der Waals surface area (Å²) in [6.45, 7) is 1.28. The number of hydrogen-bond acceptors (Lipinski definition) is 9. The number of rotatable bonds is 10. The van der Waals surface area contributed by atoms with Gasteiger partial charge in [0.15, 0.2) is 5.65 Å². The van der Waals surface area contributed by atoms with E-state index in [1.165, 1.54) is 18.5 Å². The second kappa shape index (κ2) is 9.26. The van der Waals surface area contributed by atoms with Crippen LogP contribution in [0.3, 0.4) is 0 Å². The molecule has 0 saturated heterocycles. The molecule has 0 saturated carbocycles. The van der Waals surface area contributed by atoms with E-state index in [9.17, 15) is 10.1 Å². The lowest BCUT2D eigenvalue weighted by molar-refractivity contribution is -0.384. The molecule has 10 nitrogen and oxygen atoms in total. The van der Waals surface area contributed by atoms with Gasteiger partial charge in [0.2, 0.25) is 0 Å². The van der Waals surface area contributed by atoms with Crippen LogP contribution in [-0.2, 0) is 11.3 Å². The number of fused-ring (bicyclic) bond motifs is 1. The first-order valence-corrected chi connectivity index (χ1v) is 8.86. The number of hydrogen-bond donors (Lipinski definition) is 1. The van der Waals surface area contributed by atoms with Gasteiger partial charge in [0.25, 0.3) is 5.69 Å². The fraction of sp³-hybridized carbons (Fsp3) is 0.312. The van der Waals surface area contributed by atoms with E-state index in [0.717, 1.165) is 29.8 Å². The van der Waals surface area contributed by atoms with Gasteiger partial charge in [-0.05, 0) is 18.6 Å². The standard InChI is InChI=1S/C16H18N6O4S/c1-25-14(6-7-21-11-19-15-9-17-10-18-16(15)21)8-20-27-26-13-4-2-12(3-5-13)22(23)24/h2-5,9-11,14,20H,6-8H2,1H3. The largest absolute Gasteiger partial charge is 0.410 e. The summed E-state index contributed by atoms with van der Waals surface area (Å²) < 4.78 is 16.0. The van der Waals surface area contributed by atoms with Gasteiger partial charge < -0.3 is 13.5 Å². The van der Waals surface area contributed by atoms with Crippen LogP contribution in [0.5, 0.6) is 5.75 Å². The van der Waals surface area contributed by atoms with Gasteiger partial charge in [-0.3, -0.25) is 10.1 Å². The van der Waals surface area contributed by atoms with Gasteiger partial charge in [0.05, 0.1) is 23.6 Å². The number of nitro groups is 1. The van der Waals surface area contributed by atoms with E-state index in [4.69, 9.17) is 8.92 Å². The van der Waals surface area contributed by atoms with Crippen molar-refractivity contribution in [1.82, 2.24) is 24.2 Å². The summed E-state index contributed by atoms with van der Waals surface area (Å²) in [5.74, 6) is 0.525. The van der Waals surface area contributed by atoms with Crippen LogP contribution in [0.25, 0.3) is 11.2 Å². The van der Waals surface area contributed by atoms with Crippen LogP contribution in [0.4, 0.5) is 5.69 Å². The Morgan fingerprint density at radius 1 is 1.33 bits per heavy atom. The highest BCUT2D eigenvalue weighted by Gasteiger charge is 2.10. The Morgan fingerprint density at radius 2 is 2.15 bits per heavy atom. The van der Waals surface area contributed by atoms with E-state index in [0.29, 0.717) is 18.8 Å². The first-order valence-electron chi connectivity index (χ1n) is 8.12. The number of non-ortho nitro benzene ring substituents is 1. The van der Waals surface area contributed by atoms with E-state index < -0.39 is 4.92 Å². The molecule has 1 unspecified atom stereocenters. The maximum absolute atomic E-state index is 10.6. The number of aryl methyl sites for hydroxylation is 1. The molecule has 3 aromatic rings. The highest BCUT2D eigenvalue weighted by Crippen LogP contribution is 2.19. The molecule has 0 amide bonds. The fourth-order valence-electron chi connectivity index (χ4n) is 2.39. The van der Waals surface area contributed by atoms with Crippen LogP contribution in [0.1, 0.15) is 6.42 Å². The predicted molar refractivity (Wildman–Crippen MR) is 100 cm³/mol. The Bertz CT molecular complexity index is 888. The molecule has 27 heavy (non-hydrogen) atoms. The van der Waals surface area contributed by atoms with Crippen LogP contribution >= 0.6 is 12.2 Å². The zero-order chi connectivity index (χ0) is 19.1. The van der Waals surface area contributed by atoms with Crippen molar-refractivity contribution < 1.29 is 13.8 Å². The number of nitrogens with zero attached hydrogens (tertiary/aromatic N) is 5. The van der Waals surface area contributed by atoms with E-state index in [1.54, 1.807) is 31.8 Å². The van der Waals surface area contributed by atoms with Crippen molar-refractivity contribution in [2.24, 2.45) is 0 Å². The molecule has 1 atom stereocenters. The Morgan fingerprint density at radius 3 is 2.89 bits per heavy atom. The molecule has 0 aliphatic heterocycles. The third-order valence-electron chi connectivity index (χ3n) is 3.86. The summed E-state index contributed by atoms with van der Waals surface area (Å²) in [6, 6.07) is 5.89. The smallest absolute Gasteiger partial charge is 0.269 e. The van der Waals surface area contributed by atoms with Crippen LogP contribution in [0, 0.1) is 10.1 Å². The third kappa shape index (κ3) is 5.12. The first kappa shape index (κ1) is 19.0. The Kier molecular flexibility index (Phi) is 6.52. The summed E-state index contributed by atoms with van der Waals surface area (Å²) in [5.41, 5.74) is 1.58. The number of aromatic nitrogens is 4. The SMILES string of the molecule is COC(CCn1cnc2cncnc21)CNSOc1ccc([N+](=O)[O-])cc1. The molecule has 0 radical (unpaired) electrons. The molecule has 0 aliphatic rings.